The van der Waals surface area contributed by atoms with Gasteiger partial charge in [0, 0.05) is 11.3 Å². The van der Waals surface area contributed by atoms with E-state index in [0.29, 0.717) is 27.8 Å². The Morgan fingerprint density at radius 1 is 1.11 bits per heavy atom. The van der Waals surface area contributed by atoms with Crippen molar-refractivity contribution in [3.05, 3.63) is 69.1 Å². The fourth-order valence-corrected chi connectivity index (χ4v) is 3.02. The van der Waals surface area contributed by atoms with Crippen molar-refractivity contribution in [1.82, 2.24) is 0 Å². The third-order valence-corrected chi connectivity index (χ3v) is 4.41. The van der Waals surface area contributed by atoms with Gasteiger partial charge in [0.15, 0.2) is 5.78 Å². The molecule has 1 aromatic heterocycles. The molecule has 0 aliphatic carbocycles. The Hall–Kier alpha value is -3.41. The van der Waals surface area contributed by atoms with E-state index in [0.717, 1.165) is 5.56 Å². The van der Waals surface area contributed by atoms with Crippen LogP contribution in [0.2, 0.25) is 0 Å². The number of Topliss-reactive ketones (excluding diaryl/α,β-unsaturated/α-hetero) is 1. The number of aromatic hydroxyl groups is 1. The Bertz CT molecular complexity index is 1110. The SMILES string of the molecule is CC(=O)c1ccc(NC(=O)Cc2c(C)c3c(O)cc(C)cc3oc2=O)cc1. The zero-order chi connectivity index (χ0) is 19.7. The summed E-state index contributed by atoms with van der Waals surface area (Å²) in [6.07, 6.45) is -0.189. The van der Waals surface area contributed by atoms with E-state index >= 15 is 0 Å². The molecular formula is C21H19NO5. The minimum absolute atomic E-state index is 0.00716. The van der Waals surface area contributed by atoms with Crippen molar-refractivity contribution in [3.63, 3.8) is 0 Å². The van der Waals surface area contributed by atoms with Crippen molar-refractivity contribution in [1.29, 1.82) is 0 Å². The van der Waals surface area contributed by atoms with Crippen LogP contribution in [0, 0.1) is 13.8 Å². The second-order valence-corrected chi connectivity index (χ2v) is 6.51. The topological polar surface area (TPSA) is 96.6 Å². The molecule has 0 radical (unpaired) electrons. The standard InChI is InChI=1S/C21H19NO5/c1-11-8-17(24)20-12(2)16(21(26)27-18(20)9-11)10-19(25)22-15-6-4-14(5-7-15)13(3)23/h4-9,24H,10H2,1-3H3,(H,22,25). The highest BCUT2D eigenvalue weighted by Gasteiger charge is 2.17. The fraction of sp³-hybridized carbons (Fsp3) is 0.190. The van der Waals surface area contributed by atoms with Gasteiger partial charge in [0.05, 0.1) is 17.4 Å². The van der Waals surface area contributed by atoms with E-state index in [9.17, 15) is 19.5 Å². The van der Waals surface area contributed by atoms with Gasteiger partial charge in [0.2, 0.25) is 5.91 Å². The predicted molar refractivity (Wildman–Crippen MR) is 102 cm³/mol. The molecule has 27 heavy (non-hydrogen) atoms. The maximum absolute atomic E-state index is 12.4. The molecule has 0 aliphatic rings. The van der Waals surface area contributed by atoms with Crippen molar-refractivity contribution in [2.75, 3.05) is 5.32 Å². The van der Waals surface area contributed by atoms with Crippen LogP contribution >= 0.6 is 0 Å². The van der Waals surface area contributed by atoms with Crippen LogP contribution in [-0.2, 0) is 11.2 Å². The number of nitrogens with one attached hydrogen (secondary N) is 1. The Kier molecular flexibility index (Phi) is 4.81. The smallest absolute Gasteiger partial charge is 0.340 e. The summed E-state index contributed by atoms with van der Waals surface area (Å²) in [5.41, 5.74) is 2.23. The van der Waals surface area contributed by atoms with Crippen molar-refractivity contribution < 1.29 is 19.1 Å². The average Bonchev–Trinajstić information content (AvgIpc) is 2.58. The molecule has 3 rings (SSSR count). The Balaban J connectivity index is 1.88. The van der Waals surface area contributed by atoms with E-state index < -0.39 is 11.5 Å². The zero-order valence-corrected chi connectivity index (χ0v) is 15.3. The number of anilines is 1. The summed E-state index contributed by atoms with van der Waals surface area (Å²) in [4.78, 5) is 36.0. The van der Waals surface area contributed by atoms with Crippen LogP contribution in [0.25, 0.3) is 11.0 Å². The van der Waals surface area contributed by atoms with E-state index in [4.69, 9.17) is 4.42 Å². The lowest BCUT2D eigenvalue weighted by Gasteiger charge is -2.10. The molecule has 1 heterocycles. The molecule has 0 bridgehead atoms. The predicted octanol–water partition coefficient (Wildman–Crippen LogP) is 3.50. The molecule has 0 unspecified atom stereocenters. The van der Waals surface area contributed by atoms with E-state index in [1.165, 1.54) is 6.92 Å². The van der Waals surface area contributed by atoms with Crippen LogP contribution in [0.5, 0.6) is 5.75 Å². The Morgan fingerprint density at radius 3 is 2.41 bits per heavy atom. The zero-order valence-electron chi connectivity index (χ0n) is 15.3. The molecule has 6 heteroatoms. The third kappa shape index (κ3) is 3.74. The monoisotopic (exact) mass is 365 g/mol. The van der Waals surface area contributed by atoms with Gasteiger partial charge in [-0.1, -0.05) is 0 Å². The average molecular weight is 365 g/mol. The van der Waals surface area contributed by atoms with Crippen LogP contribution < -0.4 is 10.9 Å². The molecular weight excluding hydrogens is 346 g/mol. The molecule has 138 valence electrons. The summed E-state index contributed by atoms with van der Waals surface area (Å²) in [5, 5.41) is 13.3. The number of phenols is 1. The number of carbonyl (C=O) groups is 2. The lowest BCUT2D eigenvalue weighted by molar-refractivity contribution is -0.115. The molecule has 2 N–H and O–H groups in total. The molecule has 0 spiro atoms. The summed E-state index contributed by atoms with van der Waals surface area (Å²) in [7, 11) is 0. The highest BCUT2D eigenvalue weighted by atomic mass is 16.4. The second kappa shape index (κ2) is 7.07. The van der Waals surface area contributed by atoms with Crippen LogP contribution in [0.15, 0.2) is 45.6 Å². The summed E-state index contributed by atoms with van der Waals surface area (Å²) >= 11 is 0. The highest BCUT2D eigenvalue weighted by molar-refractivity contribution is 5.96. The van der Waals surface area contributed by atoms with Crippen molar-refractivity contribution >= 4 is 28.3 Å². The number of amides is 1. The van der Waals surface area contributed by atoms with Crippen molar-refractivity contribution in [2.24, 2.45) is 0 Å². The number of phenolic OH excluding ortho intramolecular Hbond substituents is 1. The molecule has 0 fully saturated rings. The molecule has 0 saturated heterocycles. The van der Waals surface area contributed by atoms with Gasteiger partial charge in [0.25, 0.3) is 0 Å². The number of fused-ring (bicyclic) bond motifs is 1. The van der Waals surface area contributed by atoms with Gasteiger partial charge in [0.1, 0.15) is 11.3 Å². The van der Waals surface area contributed by atoms with Gasteiger partial charge in [-0.05, 0) is 68.3 Å². The number of rotatable bonds is 4. The molecule has 0 aliphatic heterocycles. The van der Waals surface area contributed by atoms with Crippen LogP contribution in [-0.4, -0.2) is 16.8 Å². The first-order valence-electron chi connectivity index (χ1n) is 8.43. The lowest BCUT2D eigenvalue weighted by atomic mass is 10.0. The van der Waals surface area contributed by atoms with E-state index in [2.05, 4.69) is 5.32 Å². The second-order valence-electron chi connectivity index (χ2n) is 6.51. The van der Waals surface area contributed by atoms with Crippen molar-refractivity contribution in [3.8, 4) is 5.75 Å². The van der Waals surface area contributed by atoms with E-state index in [1.54, 1.807) is 50.2 Å². The maximum Gasteiger partial charge on any atom is 0.340 e. The lowest BCUT2D eigenvalue weighted by Crippen LogP contribution is -2.20. The number of ketones is 1. The van der Waals surface area contributed by atoms with Crippen LogP contribution in [0.4, 0.5) is 5.69 Å². The van der Waals surface area contributed by atoms with Gasteiger partial charge in [-0.2, -0.15) is 0 Å². The fourth-order valence-electron chi connectivity index (χ4n) is 3.02. The van der Waals surface area contributed by atoms with Gasteiger partial charge in [-0.3, -0.25) is 9.59 Å². The van der Waals surface area contributed by atoms with Crippen LogP contribution in [0.3, 0.4) is 0 Å². The maximum atomic E-state index is 12.4. The molecule has 6 nitrogen and oxygen atoms in total. The molecule has 3 aromatic rings. The minimum atomic E-state index is -0.605. The number of aryl methyl sites for hydroxylation is 2. The molecule has 1 amide bonds. The highest BCUT2D eigenvalue weighted by Crippen LogP contribution is 2.30. The summed E-state index contributed by atoms with van der Waals surface area (Å²) < 4.78 is 5.30. The van der Waals surface area contributed by atoms with Gasteiger partial charge in [-0.15, -0.1) is 0 Å². The molecule has 0 atom stereocenters. The quantitative estimate of drug-likeness (QED) is 0.545. The number of hydrogen-bond acceptors (Lipinski definition) is 5. The molecule has 0 saturated carbocycles. The summed E-state index contributed by atoms with van der Waals surface area (Å²) in [6.45, 7) is 4.93. The first-order chi connectivity index (χ1) is 12.8. The summed E-state index contributed by atoms with van der Waals surface area (Å²) in [6, 6.07) is 9.74. The van der Waals surface area contributed by atoms with E-state index in [1.807, 2.05) is 0 Å². The number of benzene rings is 2. The number of hydrogen-bond donors (Lipinski definition) is 2. The van der Waals surface area contributed by atoms with E-state index in [-0.39, 0.29) is 23.5 Å². The third-order valence-electron chi connectivity index (χ3n) is 4.41. The minimum Gasteiger partial charge on any atom is -0.507 e. The Labute approximate surface area is 155 Å². The van der Waals surface area contributed by atoms with Gasteiger partial charge >= 0.3 is 5.63 Å². The first-order valence-corrected chi connectivity index (χ1v) is 8.43. The normalized spacial score (nSPS) is 10.8. The van der Waals surface area contributed by atoms with Gasteiger partial charge < -0.3 is 14.8 Å². The first kappa shape index (κ1) is 18.4. The largest absolute Gasteiger partial charge is 0.507 e. The van der Waals surface area contributed by atoms with Crippen LogP contribution in [0.1, 0.15) is 34.0 Å². The summed E-state index contributed by atoms with van der Waals surface area (Å²) in [5.74, 6) is -0.452. The van der Waals surface area contributed by atoms with Gasteiger partial charge in [-0.25, -0.2) is 4.79 Å². The molecule has 2 aromatic carbocycles. The number of carbonyl (C=O) groups excluding carboxylic acids is 2. The van der Waals surface area contributed by atoms with Crippen molar-refractivity contribution in [2.45, 2.75) is 27.2 Å². The Morgan fingerprint density at radius 2 is 1.78 bits per heavy atom.